The highest BCUT2D eigenvalue weighted by atomic mass is 32.2. The molecule has 2 heterocycles. The maximum absolute atomic E-state index is 11.9. The van der Waals surface area contributed by atoms with Gasteiger partial charge in [-0.1, -0.05) is 59.1 Å². The van der Waals surface area contributed by atoms with Gasteiger partial charge in [-0.05, 0) is 12.5 Å². The van der Waals surface area contributed by atoms with Crippen LogP contribution in [0.1, 0.15) is 5.56 Å². The molecular formula is C14H14N4OS3. The fraction of sp³-hybridized carbons (Fsp3) is 0.286. The number of aryl methyl sites for hydroxylation is 1. The summed E-state index contributed by atoms with van der Waals surface area (Å²) in [5.74, 6) is 1.29. The summed E-state index contributed by atoms with van der Waals surface area (Å²) in [6.07, 6.45) is 0. The summed E-state index contributed by atoms with van der Waals surface area (Å²) >= 11 is 4.56. The number of aromatic nitrogens is 2. The number of hydrogen-bond acceptors (Lipinski definition) is 7. The first-order chi connectivity index (χ1) is 10.7. The van der Waals surface area contributed by atoms with Gasteiger partial charge in [0.2, 0.25) is 11.0 Å². The van der Waals surface area contributed by atoms with Crippen LogP contribution in [0.5, 0.6) is 0 Å². The van der Waals surface area contributed by atoms with Crippen LogP contribution < -0.4 is 5.32 Å². The number of thioether (sulfide) groups is 2. The Morgan fingerprint density at radius 1 is 1.36 bits per heavy atom. The quantitative estimate of drug-likeness (QED) is 0.916. The zero-order chi connectivity index (χ0) is 15.4. The first-order valence-electron chi connectivity index (χ1n) is 6.72. The molecule has 0 saturated heterocycles. The normalized spacial score (nSPS) is 14.0. The molecule has 0 fully saturated rings. The molecule has 8 heteroatoms. The molecule has 0 spiro atoms. The Morgan fingerprint density at radius 2 is 2.23 bits per heavy atom. The Kier molecular flexibility index (Phi) is 5.12. The van der Waals surface area contributed by atoms with Gasteiger partial charge in [-0.3, -0.25) is 15.1 Å². The van der Waals surface area contributed by atoms with E-state index in [1.807, 2.05) is 31.2 Å². The molecule has 3 rings (SSSR count). The lowest BCUT2D eigenvalue weighted by Crippen LogP contribution is -2.14. The van der Waals surface area contributed by atoms with Crippen molar-refractivity contribution in [3.63, 3.8) is 0 Å². The molecule has 22 heavy (non-hydrogen) atoms. The van der Waals surface area contributed by atoms with Gasteiger partial charge in [-0.25, -0.2) is 0 Å². The molecule has 2 aromatic rings. The van der Waals surface area contributed by atoms with Crippen LogP contribution in [0.15, 0.2) is 29.3 Å². The molecule has 1 aromatic carbocycles. The minimum absolute atomic E-state index is 0.0762. The van der Waals surface area contributed by atoms with E-state index in [1.165, 1.54) is 23.1 Å². The average molecular weight is 350 g/mol. The van der Waals surface area contributed by atoms with Gasteiger partial charge < -0.3 is 0 Å². The number of carbonyl (C=O) groups is 1. The molecular weight excluding hydrogens is 336 g/mol. The summed E-state index contributed by atoms with van der Waals surface area (Å²) in [5.41, 5.74) is 2.19. The van der Waals surface area contributed by atoms with Gasteiger partial charge in [0.1, 0.15) is 9.38 Å². The van der Waals surface area contributed by atoms with Crippen LogP contribution in [0.2, 0.25) is 0 Å². The molecule has 0 atom stereocenters. The third-order valence-electron chi connectivity index (χ3n) is 2.93. The van der Waals surface area contributed by atoms with Crippen LogP contribution in [0.4, 0.5) is 5.13 Å². The number of rotatable bonds is 4. The van der Waals surface area contributed by atoms with Crippen molar-refractivity contribution in [3.8, 4) is 10.6 Å². The van der Waals surface area contributed by atoms with E-state index in [1.54, 1.807) is 11.8 Å². The number of benzene rings is 1. The predicted octanol–water partition coefficient (Wildman–Crippen LogP) is 3.29. The Hall–Kier alpha value is -1.38. The van der Waals surface area contributed by atoms with E-state index < -0.39 is 0 Å². The Bertz CT molecular complexity index is 714. The molecule has 0 unspecified atom stereocenters. The van der Waals surface area contributed by atoms with Crippen molar-refractivity contribution >= 4 is 50.3 Å². The van der Waals surface area contributed by atoms with Crippen LogP contribution in [-0.4, -0.2) is 38.5 Å². The third-order valence-corrected chi connectivity index (χ3v) is 6.06. The second-order valence-electron chi connectivity index (χ2n) is 4.56. The Morgan fingerprint density at radius 3 is 3.00 bits per heavy atom. The van der Waals surface area contributed by atoms with Gasteiger partial charge in [0.25, 0.3) is 0 Å². The summed E-state index contributed by atoms with van der Waals surface area (Å²) in [6.45, 7) is 2.89. The molecule has 1 aliphatic rings. The van der Waals surface area contributed by atoms with Crippen LogP contribution in [0.25, 0.3) is 10.6 Å². The summed E-state index contributed by atoms with van der Waals surface area (Å²) in [5, 5.41) is 12.3. The van der Waals surface area contributed by atoms with Crippen molar-refractivity contribution in [2.24, 2.45) is 4.99 Å². The first-order valence-corrected chi connectivity index (χ1v) is 9.50. The number of anilines is 1. The van der Waals surface area contributed by atoms with E-state index in [9.17, 15) is 4.79 Å². The van der Waals surface area contributed by atoms with Crippen LogP contribution in [0.3, 0.4) is 0 Å². The zero-order valence-corrected chi connectivity index (χ0v) is 14.4. The average Bonchev–Trinajstić information content (AvgIpc) is 3.17. The van der Waals surface area contributed by atoms with Crippen LogP contribution >= 0.6 is 34.9 Å². The highest BCUT2D eigenvalue weighted by Gasteiger charge is 2.13. The maximum Gasteiger partial charge on any atom is 0.236 e. The summed E-state index contributed by atoms with van der Waals surface area (Å²) in [4.78, 5) is 16.2. The highest BCUT2D eigenvalue weighted by Crippen LogP contribution is 2.29. The van der Waals surface area contributed by atoms with Crippen LogP contribution in [-0.2, 0) is 4.79 Å². The standard InChI is InChI=1S/C14H14N4OS3/c1-9-4-2-3-5-10(9)12-17-18-13(22-12)16-11(19)8-21-14-15-6-7-20-14/h2-5H,6-8H2,1H3,(H,16,18,19). The molecule has 1 N–H and O–H groups in total. The maximum atomic E-state index is 11.9. The molecule has 0 aliphatic carbocycles. The van der Waals surface area contributed by atoms with Gasteiger partial charge in [0, 0.05) is 11.3 Å². The van der Waals surface area contributed by atoms with E-state index in [4.69, 9.17) is 0 Å². The topological polar surface area (TPSA) is 67.2 Å². The van der Waals surface area contributed by atoms with Gasteiger partial charge in [-0.2, -0.15) is 0 Å². The lowest BCUT2D eigenvalue weighted by molar-refractivity contribution is -0.113. The highest BCUT2D eigenvalue weighted by molar-refractivity contribution is 8.39. The van der Waals surface area contributed by atoms with Gasteiger partial charge in [0.15, 0.2) is 0 Å². The Labute approximate surface area is 141 Å². The van der Waals surface area contributed by atoms with E-state index in [-0.39, 0.29) is 5.91 Å². The number of hydrogen-bond donors (Lipinski definition) is 1. The fourth-order valence-electron chi connectivity index (χ4n) is 1.88. The minimum atomic E-state index is -0.0762. The SMILES string of the molecule is Cc1ccccc1-c1nnc(NC(=O)CSC2=NCCS2)s1. The van der Waals surface area contributed by atoms with E-state index in [0.29, 0.717) is 10.9 Å². The molecule has 1 amide bonds. The molecule has 0 radical (unpaired) electrons. The predicted molar refractivity (Wildman–Crippen MR) is 95.9 cm³/mol. The molecule has 0 saturated carbocycles. The molecule has 114 valence electrons. The van der Waals surface area contributed by atoms with Crippen molar-refractivity contribution in [3.05, 3.63) is 29.8 Å². The number of amides is 1. The smallest absolute Gasteiger partial charge is 0.236 e. The van der Waals surface area contributed by atoms with Crippen molar-refractivity contribution in [2.45, 2.75) is 6.92 Å². The summed E-state index contributed by atoms with van der Waals surface area (Å²) < 4.78 is 0.994. The fourth-order valence-corrected chi connectivity index (χ4v) is 4.54. The second-order valence-corrected chi connectivity index (χ2v) is 7.84. The lowest BCUT2D eigenvalue weighted by atomic mass is 10.1. The van der Waals surface area contributed by atoms with Crippen molar-refractivity contribution in [2.75, 3.05) is 23.4 Å². The van der Waals surface area contributed by atoms with E-state index in [0.717, 1.165) is 32.8 Å². The van der Waals surface area contributed by atoms with E-state index >= 15 is 0 Å². The van der Waals surface area contributed by atoms with E-state index in [2.05, 4.69) is 20.5 Å². The summed E-state index contributed by atoms with van der Waals surface area (Å²) in [7, 11) is 0. The number of aliphatic imine (C=N–C) groups is 1. The molecule has 0 bridgehead atoms. The number of nitrogens with zero attached hydrogens (tertiary/aromatic N) is 3. The number of nitrogens with one attached hydrogen (secondary N) is 1. The minimum Gasteiger partial charge on any atom is -0.300 e. The molecule has 5 nitrogen and oxygen atoms in total. The first kappa shape index (κ1) is 15.5. The van der Waals surface area contributed by atoms with Gasteiger partial charge in [-0.15, -0.1) is 10.2 Å². The largest absolute Gasteiger partial charge is 0.300 e. The second kappa shape index (κ2) is 7.26. The number of carbonyl (C=O) groups excluding carboxylic acids is 1. The Balaban J connectivity index is 1.59. The van der Waals surface area contributed by atoms with Crippen molar-refractivity contribution in [1.29, 1.82) is 0 Å². The molecule has 1 aliphatic heterocycles. The van der Waals surface area contributed by atoms with Gasteiger partial charge in [0.05, 0.1) is 12.3 Å². The third kappa shape index (κ3) is 3.88. The molecule has 1 aromatic heterocycles. The van der Waals surface area contributed by atoms with Crippen molar-refractivity contribution in [1.82, 2.24) is 10.2 Å². The monoisotopic (exact) mass is 350 g/mol. The van der Waals surface area contributed by atoms with Crippen LogP contribution in [0, 0.1) is 6.92 Å². The zero-order valence-electron chi connectivity index (χ0n) is 11.9. The van der Waals surface area contributed by atoms with Gasteiger partial charge >= 0.3 is 0 Å². The lowest BCUT2D eigenvalue weighted by Gasteiger charge is -2.01. The van der Waals surface area contributed by atoms with Crippen molar-refractivity contribution < 1.29 is 4.79 Å². The summed E-state index contributed by atoms with van der Waals surface area (Å²) in [6, 6.07) is 8.00.